The zero-order chi connectivity index (χ0) is 42.1. The van der Waals surface area contributed by atoms with Gasteiger partial charge in [0.05, 0.1) is 0 Å². The molecule has 2 saturated heterocycles. The molecule has 14 heteroatoms. The predicted molar refractivity (Wildman–Crippen MR) is 243 cm³/mol. The average Bonchev–Trinajstić information content (AvgIpc) is 3.32. The van der Waals surface area contributed by atoms with E-state index >= 15 is 0 Å². The first-order valence-electron chi connectivity index (χ1n) is 20.5. The molecule has 314 valence electrons. The molecule has 0 unspecified atom stereocenters. The molecule has 12 nitrogen and oxygen atoms in total. The van der Waals surface area contributed by atoms with Crippen molar-refractivity contribution >= 4 is 47.3 Å². The second kappa shape index (κ2) is 22.5. The number of benzene rings is 2. The molecule has 4 aromatic heterocycles. The number of aryl methyl sites for hydroxylation is 3. The summed E-state index contributed by atoms with van der Waals surface area (Å²) in [5, 5.41) is 0. The molecule has 0 aliphatic carbocycles. The van der Waals surface area contributed by atoms with Gasteiger partial charge in [-0.05, 0) is 103 Å². The lowest BCUT2D eigenvalue weighted by Crippen LogP contribution is -2.49. The SMILES string of the molecule is Cc1ccc(N2CCN(C(=O)Oc3ccc(CCSc4ccncc4)cc3)CC2)nc1.O=C(Oc1ccc(CCSc2ccncc2)cc1)N1CCN(c2ccccn2)CC1. The van der Waals surface area contributed by atoms with Crippen LogP contribution in [0.1, 0.15) is 16.7 Å². The predicted octanol–water partition coefficient (Wildman–Crippen LogP) is 8.57. The van der Waals surface area contributed by atoms with Gasteiger partial charge in [0, 0.05) is 111 Å². The van der Waals surface area contributed by atoms with Crippen LogP contribution in [0.2, 0.25) is 0 Å². The highest BCUT2D eigenvalue weighted by molar-refractivity contribution is 7.99. The molecule has 2 fully saturated rings. The van der Waals surface area contributed by atoms with Crippen LogP contribution in [-0.2, 0) is 12.8 Å². The van der Waals surface area contributed by atoms with Gasteiger partial charge in [-0.25, -0.2) is 19.6 Å². The number of aromatic nitrogens is 4. The van der Waals surface area contributed by atoms with Crippen molar-refractivity contribution < 1.29 is 19.1 Å². The van der Waals surface area contributed by atoms with Crippen LogP contribution < -0.4 is 19.3 Å². The Bertz CT molecular complexity index is 2230. The number of anilines is 2. The van der Waals surface area contributed by atoms with Crippen molar-refractivity contribution in [2.75, 3.05) is 73.7 Å². The maximum absolute atomic E-state index is 12.5. The fourth-order valence-electron chi connectivity index (χ4n) is 6.65. The summed E-state index contributed by atoms with van der Waals surface area (Å²) in [7, 11) is 0. The van der Waals surface area contributed by atoms with Crippen LogP contribution in [0.4, 0.5) is 21.2 Å². The van der Waals surface area contributed by atoms with E-state index in [1.165, 1.54) is 20.9 Å². The van der Waals surface area contributed by atoms with E-state index in [4.69, 9.17) is 9.47 Å². The van der Waals surface area contributed by atoms with E-state index in [1.807, 2.05) is 147 Å². The molecule has 0 saturated carbocycles. The molecule has 0 atom stereocenters. The fourth-order valence-corrected chi connectivity index (χ4v) is 8.42. The van der Waals surface area contributed by atoms with Gasteiger partial charge in [0.25, 0.3) is 0 Å². The molecule has 6 aromatic rings. The molecule has 8 rings (SSSR count). The number of carbonyl (C=O) groups is 2. The molecule has 0 spiro atoms. The number of thioether (sulfide) groups is 2. The monoisotopic (exact) mass is 854 g/mol. The first-order valence-corrected chi connectivity index (χ1v) is 22.4. The zero-order valence-corrected chi connectivity index (χ0v) is 35.9. The van der Waals surface area contributed by atoms with Gasteiger partial charge in [0.1, 0.15) is 23.1 Å². The second-order valence-corrected chi connectivity index (χ2v) is 16.8. The van der Waals surface area contributed by atoms with Gasteiger partial charge in [-0.3, -0.25) is 9.97 Å². The molecule has 61 heavy (non-hydrogen) atoms. The summed E-state index contributed by atoms with van der Waals surface area (Å²) in [5.74, 6) is 5.04. The number of piperazine rings is 2. The van der Waals surface area contributed by atoms with E-state index in [-0.39, 0.29) is 12.2 Å². The number of hydrogen-bond acceptors (Lipinski definition) is 12. The Labute approximate surface area is 366 Å². The van der Waals surface area contributed by atoms with Gasteiger partial charge in [-0.15, -0.1) is 23.5 Å². The van der Waals surface area contributed by atoms with Gasteiger partial charge in [-0.1, -0.05) is 36.4 Å². The summed E-state index contributed by atoms with van der Waals surface area (Å²) >= 11 is 3.61. The number of nitrogens with zero attached hydrogens (tertiary/aromatic N) is 8. The maximum atomic E-state index is 12.5. The number of rotatable bonds is 12. The van der Waals surface area contributed by atoms with Gasteiger partial charge in [0.15, 0.2) is 0 Å². The van der Waals surface area contributed by atoms with Crippen molar-refractivity contribution in [3.63, 3.8) is 0 Å². The van der Waals surface area contributed by atoms with Crippen molar-refractivity contribution in [2.24, 2.45) is 0 Å². The minimum Gasteiger partial charge on any atom is -0.410 e. The number of pyridine rings is 4. The van der Waals surface area contributed by atoms with Crippen LogP contribution in [0, 0.1) is 6.92 Å². The third-order valence-corrected chi connectivity index (χ3v) is 12.2. The summed E-state index contributed by atoms with van der Waals surface area (Å²) in [4.78, 5) is 52.3. The molecule has 2 amide bonds. The minimum atomic E-state index is -0.295. The van der Waals surface area contributed by atoms with E-state index < -0.39 is 0 Å². The van der Waals surface area contributed by atoms with E-state index in [0.717, 1.165) is 67.7 Å². The van der Waals surface area contributed by atoms with Gasteiger partial charge < -0.3 is 29.1 Å². The number of ether oxygens (including phenoxy) is 2. The number of carbonyl (C=O) groups excluding carboxylic acids is 2. The summed E-state index contributed by atoms with van der Waals surface area (Å²) in [5.41, 5.74) is 3.59. The summed E-state index contributed by atoms with van der Waals surface area (Å²) in [6.07, 6.45) is 12.2. The Morgan fingerprint density at radius 3 is 1.39 bits per heavy atom. The topological polar surface area (TPSA) is 117 Å². The molecular weight excluding hydrogens is 805 g/mol. The van der Waals surface area contributed by atoms with E-state index in [0.29, 0.717) is 37.7 Å². The largest absolute Gasteiger partial charge is 0.415 e. The van der Waals surface area contributed by atoms with Crippen LogP contribution in [-0.4, -0.2) is 106 Å². The molecule has 0 radical (unpaired) electrons. The smallest absolute Gasteiger partial charge is 0.410 e. The van der Waals surface area contributed by atoms with Crippen molar-refractivity contribution in [3.05, 3.63) is 157 Å². The van der Waals surface area contributed by atoms with Crippen LogP contribution >= 0.6 is 23.5 Å². The zero-order valence-electron chi connectivity index (χ0n) is 34.3. The Hall–Kier alpha value is -6.12. The lowest BCUT2D eigenvalue weighted by atomic mass is 10.2. The van der Waals surface area contributed by atoms with Gasteiger partial charge in [0.2, 0.25) is 0 Å². The molecule has 2 aliphatic rings. The molecule has 0 N–H and O–H groups in total. The molecule has 2 aromatic carbocycles. The highest BCUT2D eigenvalue weighted by atomic mass is 32.2. The minimum absolute atomic E-state index is 0.294. The van der Waals surface area contributed by atoms with Gasteiger partial charge >= 0.3 is 12.2 Å². The highest BCUT2D eigenvalue weighted by Crippen LogP contribution is 2.22. The standard InChI is InChI=1S/C24H26N4O2S.C23H24N4O2S/c1-19-2-7-23(26-18-19)27-13-15-28(16-14-27)24(29)30-21-5-3-20(4-6-21)10-17-31-22-8-11-25-12-9-22;28-23(27-16-14-26(15-17-27)22-3-1-2-11-25-22)29-20-6-4-19(5-7-20)10-18-30-21-8-12-24-13-9-21/h2-9,11-12,18H,10,13-17H2,1H3;1-9,11-13H,10,14-18H2. The lowest BCUT2D eigenvalue weighted by Gasteiger charge is -2.34. The summed E-state index contributed by atoms with van der Waals surface area (Å²) < 4.78 is 11.1. The first-order chi connectivity index (χ1) is 29.9. The van der Waals surface area contributed by atoms with E-state index in [9.17, 15) is 9.59 Å². The highest BCUT2D eigenvalue weighted by Gasteiger charge is 2.24. The van der Waals surface area contributed by atoms with Crippen LogP contribution in [0.15, 0.2) is 150 Å². The lowest BCUT2D eigenvalue weighted by molar-refractivity contribution is 0.148. The Balaban J connectivity index is 0.000000184. The number of amides is 2. The average molecular weight is 855 g/mol. The van der Waals surface area contributed by atoms with E-state index in [1.54, 1.807) is 27.8 Å². The van der Waals surface area contributed by atoms with Gasteiger partial charge in [-0.2, -0.15) is 0 Å². The van der Waals surface area contributed by atoms with Crippen LogP contribution in [0.25, 0.3) is 0 Å². The molecule has 2 aliphatic heterocycles. The second-order valence-electron chi connectivity index (χ2n) is 14.4. The fraction of sp³-hybridized carbons (Fsp3) is 0.277. The third kappa shape index (κ3) is 13.4. The van der Waals surface area contributed by atoms with Crippen molar-refractivity contribution in [1.29, 1.82) is 0 Å². The normalized spacial score (nSPS) is 13.9. The third-order valence-electron chi connectivity index (χ3n) is 10.1. The molecule has 0 bridgehead atoms. The Morgan fingerprint density at radius 1 is 0.525 bits per heavy atom. The summed E-state index contributed by atoms with van der Waals surface area (Å²) in [6.45, 7) is 7.52. The maximum Gasteiger partial charge on any atom is 0.415 e. The summed E-state index contributed by atoms with van der Waals surface area (Å²) in [6, 6.07) is 33.6. The van der Waals surface area contributed by atoms with Crippen molar-refractivity contribution in [2.45, 2.75) is 29.6 Å². The van der Waals surface area contributed by atoms with Crippen LogP contribution in [0.5, 0.6) is 11.5 Å². The quantitative estimate of drug-likeness (QED) is 0.110. The van der Waals surface area contributed by atoms with Crippen molar-refractivity contribution in [3.8, 4) is 11.5 Å². The van der Waals surface area contributed by atoms with Crippen molar-refractivity contribution in [1.82, 2.24) is 29.7 Å². The molecular formula is C47H50N8O4S2. The Morgan fingerprint density at radius 2 is 0.984 bits per heavy atom. The Kier molecular flexibility index (Phi) is 15.8. The first kappa shape index (κ1) is 43.0. The number of hydrogen-bond donors (Lipinski definition) is 0. The van der Waals surface area contributed by atoms with Crippen LogP contribution in [0.3, 0.4) is 0 Å². The van der Waals surface area contributed by atoms with E-state index in [2.05, 4.69) is 35.8 Å². The molecule has 6 heterocycles.